The number of carbonyl (C=O) groups excluding carboxylic acids is 2. The van der Waals surface area contributed by atoms with Crippen LogP contribution in [0.25, 0.3) is 0 Å². The minimum Gasteiger partial charge on any atom is -0.493 e. The Morgan fingerprint density at radius 2 is 1.86 bits per heavy atom. The second kappa shape index (κ2) is 10.3. The molecule has 6 heteroatoms. The van der Waals surface area contributed by atoms with Crippen LogP contribution in [0.5, 0.6) is 5.75 Å². The Bertz CT molecular complexity index is 833. The van der Waals surface area contributed by atoms with Crippen molar-refractivity contribution in [3.05, 3.63) is 64.7 Å². The second-order valence-electron chi connectivity index (χ2n) is 7.36. The van der Waals surface area contributed by atoms with Crippen molar-refractivity contribution in [2.45, 2.75) is 38.6 Å². The van der Waals surface area contributed by atoms with E-state index in [1.807, 2.05) is 54.3 Å². The molecule has 5 nitrogen and oxygen atoms in total. The van der Waals surface area contributed by atoms with Gasteiger partial charge in [0, 0.05) is 36.1 Å². The van der Waals surface area contributed by atoms with Gasteiger partial charge in [-0.2, -0.15) is 0 Å². The van der Waals surface area contributed by atoms with Gasteiger partial charge >= 0.3 is 0 Å². The van der Waals surface area contributed by atoms with Crippen LogP contribution < -0.4 is 10.1 Å². The highest BCUT2D eigenvalue weighted by Crippen LogP contribution is 2.22. The second-order valence-corrected chi connectivity index (χ2v) is 7.79. The van der Waals surface area contributed by atoms with E-state index in [1.54, 1.807) is 6.07 Å². The normalized spacial score (nSPS) is 14.5. The number of aryl methyl sites for hydroxylation is 1. The molecule has 0 unspecified atom stereocenters. The first-order valence-corrected chi connectivity index (χ1v) is 10.4. The lowest BCUT2D eigenvalue weighted by Crippen LogP contribution is -2.46. The van der Waals surface area contributed by atoms with E-state index in [2.05, 4.69) is 5.32 Å². The van der Waals surface area contributed by atoms with Crippen molar-refractivity contribution in [1.82, 2.24) is 10.2 Å². The average molecular weight is 415 g/mol. The Balaban J connectivity index is 1.35. The lowest BCUT2D eigenvalue weighted by Gasteiger charge is -2.32. The fourth-order valence-corrected chi connectivity index (χ4v) is 3.70. The standard InChI is InChI=1S/C23H27ClN2O3/c1-17-16-19(24)9-10-21(17)29-15-5-8-22(27)26-13-11-20(12-14-26)25-23(28)18-6-3-2-4-7-18/h2-4,6-7,9-10,16,20H,5,8,11-15H2,1H3,(H,25,28). The van der Waals surface area contributed by atoms with Gasteiger partial charge in [-0.1, -0.05) is 29.8 Å². The van der Waals surface area contributed by atoms with Crippen LogP contribution in [0, 0.1) is 6.92 Å². The maximum absolute atomic E-state index is 12.4. The fourth-order valence-electron chi connectivity index (χ4n) is 3.47. The van der Waals surface area contributed by atoms with E-state index < -0.39 is 0 Å². The van der Waals surface area contributed by atoms with Crippen LogP contribution in [0.2, 0.25) is 5.02 Å². The third-order valence-corrected chi connectivity index (χ3v) is 5.38. The summed E-state index contributed by atoms with van der Waals surface area (Å²) in [6, 6.07) is 14.9. The molecule has 0 aliphatic carbocycles. The Morgan fingerprint density at radius 1 is 1.14 bits per heavy atom. The van der Waals surface area contributed by atoms with Crippen molar-refractivity contribution >= 4 is 23.4 Å². The molecule has 2 aromatic rings. The van der Waals surface area contributed by atoms with Crippen LogP contribution >= 0.6 is 11.6 Å². The van der Waals surface area contributed by atoms with Crippen LogP contribution in [-0.2, 0) is 4.79 Å². The van der Waals surface area contributed by atoms with Crippen molar-refractivity contribution in [2.24, 2.45) is 0 Å². The fraction of sp³-hybridized carbons (Fsp3) is 0.391. The van der Waals surface area contributed by atoms with Crippen molar-refractivity contribution in [1.29, 1.82) is 0 Å². The summed E-state index contributed by atoms with van der Waals surface area (Å²) in [5.41, 5.74) is 1.66. The molecular weight excluding hydrogens is 388 g/mol. The lowest BCUT2D eigenvalue weighted by atomic mass is 10.0. The summed E-state index contributed by atoms with van der Waals surface area (Å²) in [5, 5.41) is 3.76. The Hall–Kier alpha value is -2.53. The van der Waals surface area contributed by atoms with Gasteiger partial charge in [0.2, 0.25) is 5.91 Å². The number of hydrogen-bond donors (Lipinski definition) is 1. The number of nitrogens with one attached hydrogen (secondary N) is 1. The summed E-state index contributed by atoms with van der Waals surface area (Å²) < 4.78 is 5.76. The van der Waals surface area contributed by atoms with E-state index in [0.717, 1.165) is 24.2 Å². The highest BCUT2D eigenvalue weighted by molar-refractivity contribution is 6.30. The van der Waals surface area contributed by atoms with Crippen molar-refractivity contribution in [3.63, 3.8) is 0 Å². The van der Waals surface area contributed by atoms with E-state index in [0.29, 0.717) is 43.1 Å². The molecule has 2 amide bonds. The molecule has 0 aromatic heterocycles. The maximum atomic E-state index is 12.4. The minimum atomic E-state index is -0.0509. The Morgan fingerprint density at radius 3 is 2.55 bits per heavy atom. The molecule has 0 bridgehead atoms. The number of rotatable bonds is 7. The average Bonchev–Trinajstić information content (AvgIpc) is 2.73. The third kappa shape index (κ3) is 6.23. The van der Waals surface area contributed by atoms with Gasteiger partial charge in [-0.25, -0.2) is 0 Å². The summed E-state index contributed by atoms with van der Waals surface area (Å²) in [5.74, 6) is 0.899. The molecule has 1 N–H and O–H groups in total. The molecule has 0 atom stereocenters. The van der Waals surface area contributed by atoms with E-state index in [4.69, 9.17) is 16.3 Å². The summed E-state index contributed by atoms with van der Waals surface area (Å²) in [6.07, 6.45) is 2.70. The van der Waals surface area contributed by atoms with Crippen LogP contribution in [0.3, 0.4) is 0 Å². The molecule has 0 saturated carbocycles. The number of likely N-dealkylation sites (tertiary alicyclic amines) is 1. The molecule has 1 aliphatic rings. The summed E-state index contributed by atoms with van der Waals surface area (Å²) >= 11 is 5.95. The van der Waals surface area contributed by atoms with Gasteiger partial charge < -0.3 is 15.0 Å². The number of halogens is 1. The molecule has 3 rings (SSSR count). The Kier molecular flexibility index (Phi) is 7.53. The minimum absolute atomic E-state index is 0.0509. The number of benzene rings is 2. The van der Waals surface area contributed by atoms with Crippen molar-refractivity contribution in [3.8, 4) is 5.75 Å². The topological polar surface area (TPSA) is 58.6 Å². The first kappa shape index (κ1) is 21.2. The zero-order chi connectivity index (χ0) is 20.6. The molecule has 0 radical (unpaired) electrons. The lowest BCUT2D eigenvalue weighted by molar-refractivity contribution is -0.132. The molecular formula is C23H27ClN2O3. The first-order valence-electron chi connectivity index (χ1n) is 10.1. The summed E-state index contributed by atoms with van der Waals surface area (Å²) in [7, 11) is 0. The molecule has 29 heavy (non-hydrogen) atoms. The number of carbonyl (C=O) groups is 2. The van der Waals surface area contributed by atoms with E-state index in [9.17, 15) is 9.59 Å². The highest BCUT2D eigenvalue weighted by Gasteiger charge is 2.23. The van der Waals surface area contributed by atoms with Crippen LogP contribution in [0.1, 0.15) is 41.6 Å². The van der Waals surface area contributed by atoms with E-state index in [-0.39, 0.29) is 17.9 Å². The van der Waals surface area contributed by atoms with Crippen LogP contribution in [-0.4, -0.2) is 42.5 Å². The van der Waals surface area contributed by atoms with E-state index >= 15 is 0 Å². The maximum Gasteiger partial charge on any atom is 0.251 e. The molecule has 2 aromatic carbocycles. The zero-order valence-electron chi connectivity index (χ0n) is 16.7. The quantitative estimate of drug-likeness (QED) is 0.690. The molecule has 1 fully saturated rings. The molecule has 0 spiro atoms. The number of hydrogen-bond acceptors (Lipinski definition) is 3. The highest BCUT2D eigenvalue weighted by atomic mass is 35.5. The van der Waals surface area contributed by atoms with Gasteiger partial charge in [0.05, 0.1) is 6.61 Å². The predicted octanol–water partition coefficient (Wildman–Crippen LogP) is 4.23. The third-order valence-electron chi connectivity index (χ3n) is 5.15. The van der Waals surface area contributed by atoms with Crippen molar-refractivity contribution < 1.29 is 14.3 Å². The molecule has 1 saturated heterocycles. The SMILES string of the molecule is Cc1cc(Cl)ccc1OCCCC(=O)N1CCC(NC(=O)c2ccccc2)CC1. The van der Waals surface area contributed by atoms with Crippen LogP contribution in [0.15, 0.2) is 48.5 Å². The monoisotopic (exact) mass is 414 g/mol. The summed E-state index contributed by atoms with van der Waals surface area (Å²) in [4.78, 5) is 26.6. The van der Waals surface area contributed by atoms with Gasteiger partial charge in [-0.3, -0.25) is 9.59 Å². The molecule has 1 aliphatic heterocycles. The van der Waals surface area contributed by atoms with Gasteiger partial charge in [-0.05, 0) is 62.1 Å². The predicted molar refractivity (Wildman–Crippen MR) is 114 cm³/mol. The number of piperidine rings is 1. The molecule has 154 valence electrons. The van der Waals surface area contributed by atoms with Crippen molar-refractivity contribution in [2.75, 3.05) is 19.7 Å². The van der Waals surface area contributed by atoms with Crippen LogP contribution in [0.4, 0.5) is 0 Å². The Labute approximate surface area is 177 Å². The zero-order valence-corrected chi connectivity index (χ0v) is 17.5. The van der Waals surface area contributed by atoms with Gasteiger partial charge in [0.25, 0.3) is 5.91 Å². The first-order chi connectivity index (χ1) is 14.0. The van der Waals surface area contributed by atoms with Gasteiger partial charge in [-0.15, -0.1) is 0 Å². The van der Waals surface area contributed by atoms with E-state index in [1.165, 1.54) is 0 Å². The van der Waals surface area contributed by atoms with Gasteiger partial charge in [0.15, 0.2) is 0 Å². The van der Waals surface area contributed by atoms with Gasteiger partial charge in [0.1, 0.15) is 5.75 Å². The largest absolute Gasteiger partial charge is 0.493 e. The molecule has 1 heterocycles. The summed E-state index contributed by atoms with van der Waals surface area (Å²) in [6.45, 7) is 3.80. The smallest absolute Gasteiger partial charge is 0.251 e. The number of nitrogens with zero attached hydrogens (tertiary/aromatic N) is 1. The number of amides is 2. The number of ether oxygens (including phenoxy) is 1.